The summed E-state index contributed by atoms with van der Waals surface area (Å²) in [5.41, 5.74) is 1.20. The van der Waals surface area contributed by atoms with E-state index in [1.165, 1.54) is 32.0 Å². The largest absolute Gasteiger partial charge is 0.494 e. The predicted octanol–water partition coefficient (Wildman–Crippen LogP) is 3.44. The number of ketones is 1. The van der Waals surface area contributed by atoms with Crippen molar-refractivity contribution in [2.45, 2.75) is 32.7 Å². The van der Waals surface area contributed by atoms with Gasteiger partial charge in [0.2, 0.25) is 5.91 Å². The third kappa shape index (κ3) is 5.90. The van der Waals surface area contributed by atoms with Crippen LogP contribution in [0.25, 0.3) is 0 Å². The van der Waals surface area contributed by atoms with Crippen LogP contribution in [0.15, 0.2) is 42.5 Å². The molecule has 148 valence electrons. The molecule has 0 bridgehead atoms. The second-order valence-electron chi connectivity index (χ2n) is 6.38. The Balaban J connectivity index is 1.83. The standard InChI is InChI=1S/C21H22FNO5/c1-13-12-16(7-10-18(13)22)20(21(26)27)23-19(25)4-3-11-28-17-8-5-15(6-9-17)14(2)24/h5-10,12,20H,3-4,11H2,1-2H3,(H,23,25)(H,26,27). The molecule has 0 aliphatic carbocycles. The summed E-state index contributed by atoms with van der Waals surface area (Å²) in [5, 5.41) is 11.8. The number of halogens is 1. The Hall–Kier alpha value is -3.22. The smallest absolute Gasteiger partial charge is 0.330 e. The maximum Gasteiger partial charge on any atom is 0.330 e. The van der Waals surface area contributed by atoms with Crippen molar-refractivity contribution in [2.75, 3.05) is 6.61 Å². The van der Waals surface area contributed by atoms with Crippen LogP contribution in [0.5, 0.6) is 5.75 Å². The zero-order valence-electron chi connectivity index (χ0n) is 15.7. The van der Waals surface area contributed by atoms with Crippen molar-refractivity contribution in [3.05, 3.63) is 65.0 Å². The minimum absolute atomic E-state index is 0.0347. The number of hydrogen-bond acceptors (Lipinski definition) is 4. The minimum Gasteiger partial charge on any atom is -0.494 e. The Morgan fingerprint density at radius 2 is 1.82 bits per heavy atom. The van der Waals surface area contributed by atoms with Gasteiger partial charge >= 0.3 is 5.97 Å². The van der Waals surface area contributed by atoms with E-state index in [1.807, 2.05) is 0 Å². The number of carboxylic acid groups (broad SMARTS) is 1. The molecule has 2 aromatic rings. The van der Waals surface area contributed by atoms with Crippen molar-refractivity contribution in [3.8, 4) is 5.75 Å². The topological polar surface area (TPSA) is 92.7 Å². The highest BCUT2D eigenvalue weighted by atomic mass is 19.1. The number of rotatable bonds is 9. The molecule has 0 aliphatic rings. The summed E-state index contributed by atoms with van der Waals surface area (Å²) in [6.07, 6.45) is 0.463. The summed E-state index contributed by atoms with van der Waals surface area (Å²) in [6, 6.07) is 9.35. The van der Waals surface area contributed by atoms with Crippen molar-refractivity contribution < 1.29 is 28.6 Å². The monoisotopic (exact) mass is 387 g/mol. The zero-order chi connectivity index (χ0) is 20.7. The SMILES string of the molecule is CC(=O)c1ccc(OCCCC(=O)NC(C(=O)O)c2ccc(F)c(C)c2)cc1. The van der Waals surface area contributed by atoms with Crippen molar-refractivity contribution >= 4 is 17.7 Å². The number of carbonyl (C=O) groups is 3. The lowest BCUT2D eigenvalue weighted by Gasteiger charge is -2.16. The van der Waals surface area contributed by atoms with E-state index in [-0.39, 0.29) is 18.8 Å². The second kappa shape index (κ2) is 9.64. The second-order valence-corrected chi connectivity index (χ2v) is 6.38. The molecule has 6 nitrogen and oxygen atoms in total. The van der Waals surface area contributed by atoms with Gasteiger partial charge in [-0.1, -0.05) is 12.1 Å². The summed E-state index contributed by atoms with van der Waals surface area (Å²) in [7, 11) is 0. The predicted molar refractivity (Wildman–Crippen MR) is 101 cm³/mol. The lowest BCUT2D eigenvalue weighted by Crippen LogP contribution is -2.33. The Labute approximate surface area is 162 Å². The number of aliphatic carboxylic acids is 1. The van der Waals surface area contributed by atoms with Gasteiger partial charge in [-0.2, -0.15) is 0 Å². The van der Waals surface area contributed by atoms with Crippen LogP contribution in [-0.2, 0) is 9.59 Å². The molecule has 0 spiro atoms. The number of aryl methyl sites for hydroxylation is 1. The van der Waals surface area contributed by atoms with Gasteiger partial charge in [0.05, 0.1) is 6.61 Å². The van der Waals surface area contributed by atoms with Crippen LogP contribution >= 0.6 is 0 Å². The van der Waals surface area contributed by atoms with Crippen LogP contribution in [-0.4, -0.2) is 29.4 Å². The van der Waals surface area contributed by atoms with Gasteiger partial charge in [-0.25, -0.2) is 9.18 Å². The number of Topliss-reactive ketones (excluding diaryl/α,β-unsaturated/α-hetero) is 1. The number of ether oxygens (including phenoxy) is 1. The van der Waals surface area contributed by atoms with E-state index in [0.717, 1.165) is 0 Å². The highest BCUT2D eigenvalue weighted by molar-refractivity contribution is 5.94. The van der Waals surface area contributed by atoms with Crippen LogP contribution in [0.2, 0.25) is 0 Å². The molecule has 0 heterocycles. The minimum atomic E-state index is -1.24. The Bertz CT molecular complexity index is 864. The molecule has 2 aromatic carbocycles. The van der Waals surface area contributed by atoms with Gasteiger partial charge in [-0.05, 0) is 61.7 Å². The molecule has 0 saturated heterocycles. The highest BCUT2D eigenvalue weighted by Gasteiger charge is 2.22. The van der Waals surface area contributed by atoms with E-state index in [9.17, 15) is 23.9 Å². The number of benzene rings is 2. The highest BCUT2D eigenvalue weighted by Crippen LogP contribution is 2.18. The molecule has 1 amide bonds. The summed E-state index contributed by atoms with van der Waals surface area (Å²) >= 11 is 0. The molecule has 0 aromatic heterocycles. The summed E-state index contributed by atoms with van der Waals surface area (Å²) in [4.78, 5) is 34.8. The first-order valence-corrected chi connectivity index (χ1v) is 8.80. The van der Waals surface area contributed by atoms with Crippen molar-refractivity contribution in [3.63, 3.8) is 0 Å². The van der Waals surface area contributed by atoms with Gasteiger partial charge < -0.3 is 15.2 Å². The maximum absolute atomic E-state index is 13.4. The summed E-state index contributed by atoms with van der Waals surface area (Å²) < 4.78 is 18.9. The van der Waals surface area contributed by atoms with Gasteiger partial charge in [0.25, 0.3) is 0 Å². The first-order chi connectivity index (χ1) is 13.3. The first-order valence-electron chi connectivity index (χ1n) is 8.80. The number of nitrogens with one attached hydrogen (secondary N) is 1. The lowest BCUT2D eigenvalue weighted by atomic mass is 10.0. The fourth-order valence-electron chi connectivity index (χ4n) is 2.58. The van der Waals surface area contributed by atoms with E-state index in [1.54, 1.807) is 24.3 Å². The van der Waals surface area contributed by atoms with E-state index < -0.39 is 23.7 Å². The molecule has 2 rings (SSSR count). The van der Waals surface area contributed by atoms with Gasteiger partial charge in [0.15, 0.2) is 11.8 Å². The lowest BCUT2D eigenvalue weighted by molar-refractivity contribution is -0.142. The molecule has 7 heteroatoms. The van der Waals surface area contributed by atoms with Crippen LogP contribution in [0.4, 0.5) is 4.39 Å². The molecule has 28 heavy (non-hydrogen) atoms. The van der Waals surface area contributed by atoms with Crippen molar-refractivity contribution in [2.24, 2.45) is 0 Å². The third-order valence-corrected chi connectivity index (χ3v) is 4.15. The number of hydrogen-bond donors (Lipinski definition) is 2. The van der Waals surface area contributed by atoms with E-state index in [2.05, 4.69) is 5.32 Å². The normalized spacial score (nSPS) is 11.5. The fourth-order valence-corrected chi connectivity index (χ4v) is 2.58. The molecule has 0 aliphatic heterocycles. The molecular weight excluding hydrogens is 365 g/mol. The zero-order valence-corrected chi connectivity index (χ0v) is 15.7. The van der Waals surface area contributed by atoms with Crippen LogP contribution < -0.4 is 10.1 Å². The average Bonchev–Trinajstić information content (AvgIpc) is 2.65. The molecule has 0 fully saturated rings. The van der Waals surface area contributed by atoms with Gasteiger partial charge in [0.1, 0.15) is 11.6 Å². The van der Waals surface area contributed by atoms with Crippen molar-refractivity contribution in [1.82, 2.24) is 5.32 Å². The van der Waals surface area contributed by atoms with Crippen LogP contribution in [0, 0.1) is 12.7 Å². The summed E-state index contributed by atoms with van der Waals surface area (Å²) in [5.74, 6) is -1.55. The number of carboxylic acids is 1. The third-order valence-electron chi connectivity index (χ3n) is 4.15. The van der Waals surface area contributed by atoms with Gasteiger partial charge in [-0.3, -0.25) is 9.59 Å². The first kappa shape index (κ1) is 21.1. The van der Waals surface area contributed by atoms with Crippen molar-refractivity contribution in [1.29, 1.82) is 0 Å². The van der Waals surface area contributed by atoms with E-state index >= 15 is 0 Å². The van der Waals surface area contributed by atoms with Crippen LogP contribution in [0.1, 0.15) is 47.3 Å². The Morgan fingerprint density at radius 1 is 1.14 bits per heavy atom. The fraction of sp³-hybridized carbons (Fsp3) is 0.286. The molecule has 1 atom stereocenters. The van der Waals surface area contributed by atoms with E-state index in [0.29, 0.717) is 28.9 Å². The Morgan fingerprint density at radius 3 is 2.39 bits per heavy atom. The molecule has 1 unspecified atom stereocenters. The quantitative estimate of drug-likeness (QED) is 0.508. The average molecular weight is 387 g/mol. The molecular formula is C21H22FNO5. The molecule has 0 radical (unpaired) electrons. The molecule has 0 saturated carbocycles. The number of amides is 1. The van der Waals surface area contributed by atoms with Gasteiger partial charge in [-0.15, -0.1) is 0 Å². The number of carbonyl (C=O) groups excluding carboxylic acids is 2. The Kier molecular flexibility index (Phi) is 7.26. The maximum atomic E-state index is 13.4. The summed E-state index contributed by atoms with van der Waals surface area (Å²) in [6.45, 7) is 3.27. The molecule has 2 N–H and O–H groups in total. The van der Waals surface area contributed by atoms with Gasteiger partial charge in [0, 0.05) is 12.0 Å². The van der Waals surface area contributed by atoms with Crippen LogP contribution in [0.3, 0.4) is 0 Å². The van der Waals surface area contributed by atoms with E-state index in [4.69, 9.17) is 4.74 Å².